The Bertz CT molecular complexity index is 1440. The maximum absolute atomic E-state index is 13.6. The lowest BCUT2D eigenvalue weighted by molar-refractivity contribution is 0.0601. The molecule has 1 aliphatic heterocycles. The van der Waals surface area contributed by atoms with Gasteiger partial charge < -0.3 is 14.5 Å². The van der Waals surface area contributed by atoms with Gasteiger partial charge in [0.15, 0.2) is 0 Å². The molecule has 2 heterocycles. The summed E-state index contributed by atoms with van der Waals surface area (Å²) in [5.74, 6) is -0.823. The average molecular weight is 476 g/mol. The number of hydrogen-bond acceptors (Lipinski definition) is 6. The van der Waals surface area contributed by atoms with Crippen LogP contribution in [-0.4, -0.2) is 48.8 Å². The number of carbonyl (C=O) groups is 1. The molecule has 0 N–H and O–H groups in total. The molecule has 1 aliphatic rings. The summed E-state index contributed by atoms with van der Waals surface area (Å²) in [6.07, 6.45) is 0. The zero-order chi connectivity index (χ0) is 24.5. The Hall–Kier alpha value is -4.27. The van der Waals surface area contributed by atoms with E-state index in [0.717, 1.165) is 5.69 Å². The topological polar surface area (TPSA) is 67.7 Å². The predicted molar refractivity (Wildman–Crippen MR) is 129 cm³/mol. The van der Waals surface area contributed by atoms with Gasteiger partial charge in [0, 0.05) is 31.9 Å². The second-order valence-corrected chi connectivity index (χ2v) is 8.20. The molecule has 9 heteroatoms. The van der Waals surface area contributed by atoms with Crippen LogP contribution < -0.4 is 15.4 Å². The SMILES string of the molecule is COC(=O)c1ccc2c(=O)n(-c3ccc(F)cc3)c(N3CCN(c4ccc(F)cc4)CC3)nc2c1. The van der Waals surface area contributed by atoms with Gasteiger partial charge in [-0.25, -0.2) is 23.1 Å². The zero-order valence-electron chi connectivity index (χ0n) is 18.9. The number of nitrogens with zero attached hydrogens (tertiary/aromatic N) is 4. The van der Waals surface area contributed by atoms with Crippen LogP contribution in [0.15, 0.2) is 71.5 Å². The summed E-state index contributed by atoms with van der Waals surface area (Å²) in [5.41, 5.74) is 1.73. The number of halogens is 2. The Morgan fingerprint density at radius 1 is 0.829 bits per heavy atom. The average Bonchev–Trinajstić information content (AvgIpc) is 2.89. The Morgan fingerprint density at radius 2 is 1.40 bits per heavy atom. The summed E-state index contributed by atoms with van der Waals surface area (Å²) in [6, 6.07) is 16.6. The number of fused-ring (bicyclic) bond motifs is 1. The molecule has 0 atom stereocenters. The molecule has 7 nitrogen and oxygen atoms in total. The van der Waals surface area contributed by atoms with Crippen LogP contribution in [0, 0.1) is 11.6 Å². The highest BCUT2D eigenvalue weighted by Crippen LogP contribution is 2.24. The molecular weight excluding hydrogens is 454 g/mol. The lowest BCUT2D eigenvalue weighted by Crippen LogP contribution is -2.48. The van der Waals surface area contributed by atoms with E-state index in [2.05, 4.69) is 4.90 Å². The first-order chi connectivity index (χ1) is 16.9. The fourth-order valence-electron chi connectivity index (χ4n) is 4.27. The van der Waals surface area contributed by atoms with E-state index in [0.29, 0.717) is 54.3 Å². The molecule has 0 spiro atoms. The first kappa shape index (κ1) is 22.5. The predicted octanol–water partition coefficient (Wildman–Crippen LogP) is 3.78. The molecule has 4 aromatic rings. The lowest BCUT2D eigenvalue weighted by Gasteiger charge is -2.37. The van der Waals surface area contributed by atoms with Gasteiger partial charge >= 0.3 is 5.97 Å². The minimum atomic E-state index is -0.522. The van der Waals surface area contributed by atoms with E-state index in [-0.39, 0.29) is 11.4 Å². The molecule has 5 rings (SSSR count). The van der Waals surface area contributed by atoms with Gasteiger partial charge in [0.2, 0.25) is 5.95 Å². The Kier molecular flexibility index (Phi) is 5.90. The summed E-state index contributed by atoms with van der Waals surface area (Å²) in [4.78, 5) is 34.5. The highest BCUT2D eigenvalue weighted by atomic mass is 19.1. The fourth-order valence-corrected chi connectivity index (χ4v) is 4.27. The van der Waals surface area contributed by atoms with E-state index in [1.54, 1.807) is 18.2 Å². The molecule has 0 radical (unpaired) electrons. The summed E-state index contributed by atoms with van der Waals surface area (Å²) in [5, 5.41) is 0.329. The standard InChI is InChI=1S/C26H22F2N4O3/c1-35-25(34)17-2-11-22-23(16-17)29-26(32(24(22)33)21-9-5-19(28)6-10-21)31-14-12-30(13-15-31)20-7-3-18(27)4-8-20/h2-11,16H,12-15H2,1H3. The van der Waals surface area contributed by atoms with Gasteiger partial charge in [-0.1, -0.05) is 0 Å². The van der Waals surface area contributed by atoms with Crippen LogP contribution in [0.1, 0.15) is 10.4 Å². The highest BCUT2D eigenvalue weighted by Gasteiger charge is 2.24. The highest BCUT2D eigenvalue weighted by molar-refractivity contribution is 5.94. The third kappa shape index (κ3) is 4.32. The fraction of sp³-hybridized carbons (Fsp3) is 0.192. The van der Waals surface area contributed by atoms with Crippen molar-refractivity contribution >= 4 is 28.5 Å². The molecule has 35 heavy (non-hydrogen) atoms. The molecule has 1 fully saturated rings. The second kappa shape index (κ2) is 9.17. The van der Waals surface area contributed by atoms with E-state index in [1.165, 1.54) is 60.2 Å². The number of anilines is 2. The van der Waals surface area contributed by atoms with Crippen LogP contribution in [0.5, 0.6) is 0 Å². The molecule has 0 unspecified atom stereocenters. The van der Waals surface area contributed by atoms with Gasteiger partial charge in [0.25, 0.3) is 5.56 Å². The van der Waals surface area contributed by atoms with E-state index < -0.39 is 11.8 Å². The molecule has 0 bridgehead atoms. The minimum Gasteiger partial charge on any atom is -0.465 e. The number of methoxy groups -OCH3 is 1. The van der Waals surface area contributed by atoms with Crippen molar-refractivity contribution < 1.29 is 18.3 Å². The van der Waals surface area contributed by atoms with Crippen molar-refractivity contribution in [1.29, 1.82) is 0 Å². The third-order valence-corrected chi connectivity index (χ3v) is 6.11. The van der Waals surface area contributed by atoms with Crippen molar-refractivity contribution in [1.82, 2.24) is 9.55 Å². The lowest BCUT2D eigenvalue weighted by atomic mass is 10.1. The molecule has 1 saturated heterocycles. The van der Waals surface area contributed by atoms with Gasteiger partial charge in [-0.3, -0.25) is 4.79 Å². The largest absolute Gasteiger partial charge is 0.465 e. The maximum atomic E-state index is 13.6. The maximum Gasteiger partial charge on any atom is 0.337 e. The van der Waals surface area contributed by atoms with E-state index in [9.17, 15) is 18.4 Å². The molecule has 1 aromatic heterocycles. The molecule has 3 aromatic carbocycles. The summed E-state index contributed by atoms with van der Waals surface area (Å²) in [7, 11) is 1.29. The van der Waals surface area contributed by atoms with Crippen LogP contribution in [0.4, 0.5) is 20.4 Å². The molecular formula is C26H22F2N4O3. The quantitative estimate of drug-likeness (QED) is 0.418. The van der Waals surface area contributed by atoms with Crippen LogP contribution in [0.3, 0.4) is 0 Å². The Labute approximate surface area is 199 Å². The van der Waals surface area contributed by atoms with Crippen LogP contribution in [0.25, 0.3) is 16.6 Å². The van der Waals surface area contributed by atoms with Crippen molar-refractivity contribution in [2.24, 2.45) is 0 Å². The number of esters is 1. The number of piperazine rings is 1. The number of hydrogen-bond donors (Lipinski definition) is 0. The van der Waals surface area contributed by atoms with Crippen LogP contribution in [0.2, 0.25) is 0 Å². The molecule has 0 aliphatic carbocycles. The van der Waals surface area contributed by atoms with Crippen LogP contribution >= 0.6 is 0 Å². The molecule has 178 valence electrons. The van der Waals surface area contributed by atoms with Crippen LogP contribution in [-0.2, 0) is 4.74 Å². The monoisotopic (exact) mass is 476 g/mol. The Balaban J connectivity index is 1.57. The minimum absolute atomic E-state index is 0.289. The normalized spacial score (nSPS) is 13.8. The van der Waals surface area contributed by atoms with Gasteiger partial charge in [-0.05, 0) is 66.7 Å². The first-order valence-corrected chi connectivity index (χ1v) is 11.1. The van der Waals surface area contributed by atoms with E-state index in [1.807, 2.05) is 4.90 Å². The Morgan fingerprint density at radius 3 is 2.00 bits per heavy atom. The van der Waals surface area contributed by atoms with Gasteiger partial charge in [-0.15, -0.1) is 0 Å². The van der Waals surface area contributed by atoms with Crippen molar-refractivity contribution in [2.45, 2.75) is 0 Å². The van der Waals surface area contributed by atoms with E-state index >= 15 is 0 Å². The smallest absolute Gasteiger partial charge is 0.337 e. The summed E-state index contributed by atoms with van der Waals surface area (Å²) in [6.45, 7) is 2.36. The number of benzene rings is 3. The van der Waals surface area contributed by atoms with Gasteiger partial charge in [0.1, 0.15) is 11.6 Å². The summed E-state index contributed by atoms with van der Waals surface area (Å²) < 4.78 is 33.2. The van der Waals surface area contributed by atoms with Gasteiger partial charge in [-0.2, -0.15) is 0 Å². The van der Waals surface area contributed by atoms with Crippen molar-refractivity contribution in [3.63, 3.8) is 0 Å². The van der Waals surface area contributed by atoms with Crippen molar-refractivity contribution in [3.8, 4) is 5.69 Å². The second-order valence-electron chi connectivity index (χ2n) is 8.20. The van der Waals surface area contributed by atoms with Crippen molar-refractivity contribution in [2.75, 3.05) is 43.1 Å². The van der Waals surface area contributed by atoms with Gasteiger partial charge in [0.05, 0.1) is 29.3 Å². The van der Waals surface area contributed by atoms with Crippen molar-refractivity contribution in [3.05, 3.63) is 94.3 Å². The van der Waals surface area contributed by atoms with E-state index in [4.69, 9.17) is 9.72 Å². The number of carbonyl (C=O) groups excluding carboxylic acids is 1. The third-order valence-electron chi connectivity index (χ3n) is 6.11. The number of rotatable bonds is 4. The molecule has 0 amide bonds. The number of ether oxygens (including phenoxy) is 1. The summed E-state index contributed by atoms with van der Waals surface area (Å²) >= 11 is 0. The first-order valence-electron chi connectivity index (χ1n) is 11.1. The molecule has 0 saturated carbocycles. The number of aromatic nitrogens is 2. The zero-order valence-corrected chi connectivity index (χ0v) is 18.9.